The number of piperidine rings is 1. The lowest BCUT2D eigenvalue weighted by Crippen LogP contribution is -2.51. The van der Waals surface area contributed by atoms with Gasteiger partial charge in [-0.1, -0.05) is 6.92 Å². The van der Waals surface area contributed by atoms with E-state index in [1.165, 1.54) is 5.56 Å². The number of aromatic nitrogens is 1. The molecule has 1 aliphatic carbocycles. The summed E-state index contributed by atoms with van der Waals surface area (Å²) in [7, 11) is 1.67. The summed E-state index contributed by atoms with van der Waals surface area (Å²) in [6, 6.07) is 6.91. The molecule has 188 valence electrons. The Morgan fingerprint density at radius 3 is 2.66 bits per heavy atom. The number of nitriles is 1. The number of hydrogen-bond acceptors (Lipinski definition) is 6. The van der Waals surface area contributed by atoms with Crippen molar-refractivity contribution in [2.24, 2.45) is 16.8 Å². The summed E-state index contributed by atoms with van der Waals surface area (Å²) in [6.07, 6.45) is 4.43. The fourth-order valence-electron chi connectivity index (χ4n) is 5.78. The molecule has 5 rings (SSSR count). The molecule has 2 atom stereocenters. The number of hydrogen-bond donors (Lipinski definition) is 1. The lowest BCUT2D eigenvalue weighted by molar-refractivity contribution is -0.152. The first-order chi connectivity index (χ1) is 16.9. The van der Waals surface area contributed by atoms with E-state index >= 15 is 0 Å². The smallest absolute Gasteiger partial charge is 0.253 e. The number of anilines is 2. The maximum Gasteiger partial charge on any atom is 0.253 e. The van der Waals surface area contributed by atoms with Crippen molar-refractivity contribution >= 4 is 17.5 Å². The lowest BCUT2D eigenvalue weighted by atomic mass is 9.72. The quantitative estimate of drug-likeness (QED) is 0.373. The summed E-state index contributed by atoms with van der Waals surface area (Å²) in [5.41, 5.74) is 1.81. The molecule has 2 unspecified atom stereocenters. The Kier molecular flexibility index (Phi) is 6.78. The van der Waals surface area contributed by atoms with Crippen LogP contribution < -0.4 is 10.2 Å². The van der Waals surface area contributed by atoms with Gasteiger partial charge in [-0.25, -0.2) is 13.8 Å². The van der Waals surface area contributed by atoms with Crippen molar-refractivity contribution < 1.29 is 13.5 Å². The van der Waals surface area contributed by atoms with E-state index in [1.807, 2.05) is 11.8 Å². The molecule has 4 heterocycles. The number of nitrogens with one attached hydrogen (secondary N) is 1. The van der Waals surface area contributed by atoms with Crippen LogP contribution in [0.1, 0.15) is 44.1 Å². The number of halogens is 2. The van der Waals surface area contributed by atoms with Gasteiger partial charge in [0.05, 0.1) is 25.3 Å². The van der Waals surface area contributed by atoms with Gasteiger partial charge in [0.2, 0.25) is 0 Å². The van der Waals surface area contributed by atoms with Crippen molar-refractivity contribution in [3.05, 3.63) is 29.3 Å². The highest BCUT2D eigenvalue weighted by molar-refractivity contribution is 6.04. The molecule has 3 aliphatic heterocycles. The molecule has 3 saturated heterocycles. The molecule has 0 amide bonds. The van der Waals surface area contributed by atoms with Crippen LogP contribution in [-0.2, 0) is 4.74 Å². The van der Waals surface area contributed by atoms with Gasteiger partial charge < -0.3 is 15.0 Å². The Labute approximate surface area is 205 Å². The summed E-state index contributed by atoms with van der Waals surface area (Å²) in [5, 5.41) is 12.6. The summed E-state index contributed by atoms with van der Waals surface area (Å²) < 4.78 is 33.5. The average Bonchev–Trinajstić information content (AvgIpc) is 3.20. The lowest BCUT2D eigenvalue weighted by Gasteiger charge is -2.41. The Morgan fingerprint density at radius 1 is 1.31 bits per heavy atom. The molecule has 4 aliphatic rings. The van der Waals surface area contributed by atoms with Gasteiger partial charge in [-0.2, -0.15) is 5.26 Å². The van der Waals surface area contributed by atoms with Gasteiger partial charge in [0.25, 0.3) is 5.92 Å². The third-order valence-corrected chi connectivity index (χ3v) is 8.15. The second kappa shape index (κ2) is 9.82. The zero-order valence-electron chi connectivity index (χ0n) is 20.5. The first kappa shape index (κ1) is 24.1. The van der Waals surface area contributed by atoms with Gasteiger partial charge in [0.15, 0.2) is 0 Å². The van der Waals surface area contributed by atoms with Crippen LogP contribution in [0.15, 0.2) is 28.8 Å². The second-order valence-corrected chi connectivity index (χ2v) is 10.3. The summed E-state index contributed by atoms with van der Waals surface area (Å²) >= 11 is 0. The minimum atomic E-state index is -2.56. The van der Waals surface area contributed by atoms with Gasteiger partial charge >= 0.3 is 0 Å². The van der Waals surface area contributed by atoms with Crippen LogP contribution >= 0.6 is 0 Å². The predicted octanol–water partition coefficient (Wildman–Crippen LogP) is 4.05. The number of pyridine rings is 1. The number of amidine groups is 1. The molecule has 7 nitrogen and oxygen atoms in total. The van der Waals surface area contributed by atoms with Crippen LogP contribution in [0.25, 0.3) is 0 Å². The van der Waals surface area contributed by atoms with Gasteiger partial charge in [-0.05, 0) is 68.0 Å². The first-order valence-electron chi connectivity index (χ1n) is 12.7. The van der Waals surface area contributed by atoms with Crippen molar-refractivity contribution in [1.82, 2.24) is 9.88 Å². The van der Waals surface area contributed by atoms with Gasteiger partial charge in [0, 0.05) is 38.0 Å². The van der Waals surface area contributed by atoms with Gasteiger partial charge in [0.1, 0.15) is 17.5 Å². The number of ether oxygens (including phenoxy) is 1. The van der Waals surface area contributed by atoms with Crippen molar-refractivity contribution in [2.75, 3.05) is 56.7 Å². The highest BCUT2D eigenvalue weighted by Gasteiger charge is 2.59. The predicted molar refractivity (Wildman–Crippen MR) is 132 cm³/mol. The summed E-state index contributed by atoms with van der Waals surface area (Å²) in [6.45, 7) is 6.62. The maximum atomic E-state index is 14.1. The van der Waals surface area contributed by atoms with Crippen LogP contribution in [-0.4, -0.2) is 74.1 Å². The van der Waals surface area contributed by atoms with E-state index < -0.39 is 11.8 Å². The fourth-order valence-corrected chi connectivity index (χ4v) is 5.78. The van der Waals surface area contributed by atoms with Crippen LogP contribution in [0.3, 0.4) is 0 Å². The van der Waals surface area contributed by atoms with E-state index in [9.17, 15) is 14.0 Å². The molecule has 0 aromatic carbocycles. The third kappa shape index (κ3) is 4.91. The monoisotopic (exact) mass is 484 g/mol. The fraction of sp³-hybridized carbons (Fsp3) is 0.654. The SMILES string of the molecule is CC/C(C#N)=C\C(=NC)Nc1cc(C2CCN(C3COC3)CC2)cc(N2CC3CC(F)(F)C3C2)n1. The van der Waals surface area contributed by atoms with E-state index in [1.54, 1.807) is 13.1 Å². The molecular weight excluding hydrogens is 450 g/mol. The maximum absolute atomic E-state index is 14.1. The van der Waals surface area contributed by atoms with E-state index in [0.29, 0.717) is 48.7 Å². The van der Waals surface area contributed by atoms with Crippen LogP contribution in [0, 0.1) is 23.2 Å². The zero-order valence-corrected chi connectivity index (χ0v) is 20.5. The molecule has 1 N–H and O–H groups in total. The number of nitrogens with zero attached hydrogens (tertiary/aromatic N) is 5. The van der Waals surface area contributed by atoms with Crippen LogP contribution in [0.4, 0.5) is 20.4 Å². The summed E-state index contributed by atoms with van der Waals surface area (Å²) in [5.74, 6) is -0.750. The van der Waals surface area contributed by atoms with Gasteiger partial charge in [-0.3, -0.25) is 9.89 Å². The first-order valence-corrected chi connectivity index (χ1v) is 12.7. The number of aliphatic imine (C=N–C) groups is 1. The topological polar surface area (TPSA) is 76.8 Å². The largest absolute Gasteiger partial charge is 0.378 e. The number of allylic oxidation sites excluding steroid dienone is 1. The number of likely N-dealkylation sites (tertiary alicyclic amines) is 1. The Morgan fingerprint density at radius 2 is 2.09 bits per heavy atom. The molecule has 4 fully saturated rings. The molecular formula is C26H34F2N6O. The van der Waals surface area contributed by atoms with Gasteiger partial charge in [-0.15, -0.1) is 0 Å². The normalized spacial score (nSPS) is 27.7. The molecule has 0 radical (unpaired) electrons. The molecule has 9 heteroatoms. The standard InChI is InChI=1S/C26H34F2N6O/c1-3-17(12-29)8-23(30-2)31-24-9-19(18-4-6-33(7-5-18)21-15-35-16-21)10-25(32-24)34-13-20-11-26(27,28)22(20)14-34/h8-10,18,20-22H,3-7,11,13-16H2,1-2H3,(H,30,31,32)/b17-8+. The minimum absolute atomic E-state index is 0.0201. The zero-order chi connectivity index (χ0) is 24.6. The second-order valence-electron chi connectivity index (χ2n) is 10.3. The van der Waals surface area contributed by atoms with Crippen LogP contribution in [0.2, 0.25) is 0 Å². The van der Waals surface area contributed by atoms with Crippen molar-refractivity contribution in [3.8, 4) is 6.07 Å². The Bertz CT molecular complexity index is 1040. The van der Waals surface area contributed by atoms with E-state index in [0.717, 1.165) is 45.0 Å². The molecule has 0 spiro atoms. The highest BCUT2D eigenvalue weighted by Crippen LogP contribution is 2.52. The minimum Gasteiger partial charge on any atom is -0.378 e. The third-order valence-electron chi connectivity index (χ3n) is 8.15. The molecule has 1 aromatic rings. The Hall–Kier alpha value is -2.57. The Balaban J connectivity index is 1.38. The van der Waals surface area contributed by atoms with Crippen molar-refractivity contribution in [2.45, 2.75) is 50.5 Å². The van der Waals surface area contributed by atoms with Crippen molar-refractivity contribution in [1.29, 1.82) is 5.26 Å². The van der Waals surface area contributed by atoms with E-state index in [4.69, 9.17) is 9.72 Å². The number of alkyl halides is 2. The van der Waals surface area contributed by atoms with Crippen molar-refractivity contribution in [3.63, 3.8) is 0 Å². The number of fused-ring (bicyclic) bond motifs is 1. The molecule has 0 bridgehead atoms. The molecule has 35 heavy (non-hydrogen) atoms. The molecule has 1 saturated carbocycles. The highest BCUT2D eigenvalue weighted by atomic mass is 19.3. The average molecular weight is 485 g/mol. The molecule has 1 aromatic heterocycles. The number of rotatable bonds is 6. The summed E-state index contributed by atoms with van der Waals surface area (Å²) in [4.78, 5) is 13.7. The van der Waals surface area contributed by atoms with Crippen LogP contribution in [0.5, 0.6) is 0 Å². The van der Waals surface area contributed by atoms with E-state index in [2.05, 4.69) is 33.4 Å². The van der Waals surface area contributed by atoms with E-state index in [-0.39, 0.29) is 12.3 Å².